The minimum atomic E-state index is -1.48. The van der Waals surface area contributed by atoms with Gasteiger partial charge in [0.2, 0.25) is 0 Å². The number of ether oxygens (including phenoxy) is 1. The molecule has 0 radical (unpaired) electrons. The fourth-order valence-electron chi connectivity index (χ4n) is 2.99. The topological polar surface area (TPSA) is 46.5 Å². The van der Waals surface area contributed by atoms with E-state index in [-0.39, 0.29) is 13.0 Å². The van der Waals surface area contributed by atoms with Crippen LogP contribution < -0.4 is 0 Å². The van der Waals surface area contributed by atoms with Crippen LogP contribution in [-0.2, 0) is 15.1 Å². The molecule has 1 N–H and O–H groups in total. The Balaban J connectivity index is 2.21. The normalized spacial score (nSPS) is 18.7. The number of carbonyl (C=O) groups excluding carboxylic acids is 1. The number of fused-ring (bicyclic) bond motifs is 2. The smallest absolute Gasteiger partial charge is 0.309 e. The molecule has 3 rings (SSSR count). The Labute approximate surface area is 140 Å². The Morgan fingerprint density at radius 2 is 1.83 bits per heavy atom. The van der Waals surface area contributed by atoms with E-state index in [0.29, 0.717) is 16.1 Å². The molecule has 0 saturated heterocycles. The van der Waals surface area contributed by atoms with Crippen molar-refractivity contribution in [1.82, 2.24) is 0 Å². The Kier molecular flexibility index (Phi) is 4.24. The summed E-state index contributed by atoms with van der Waals surface area (Å²) in [5.41, 5.74) is 1.50. The predicted molar refractivity (Wildman–Crippen MR) is 91.1 cm³/mol. The highest BCUT2D eigenvalue weighted by atomic mass is 35.5. The molecule has 2 aromatic rings. The average molecular weight is 329 g/mol. The number of carbonyl (C=O) groups is 1. The van der Waals surface area contributed by atoms with E-state index in [4.69, 9.17) is 16.3 Å². The number of hydrogen-bond acceptors (Lipinski definition) is 3. The van der Waals surface area contributed by atoms with E-state index in [1.807, 2.05) is 42.5 Å². The summed E-state index contributed by atoms with van der Waals surface area (Å²) in [5.74, 6) is -0.447. The van der Waals surface area contributed by atoms with Gasteiger partial charge >= 0.3 is 5.97 Å². The minimum Gasteiger partial charge on any atom is -0.466 e. The summed E-state index contributed by atoms with van der Waals surface area (Å²) >= 11 is 6.13. The molecule has 23 heavy (non-hydrogen) atoms. The lowest BCUT2D eigenvalue weighted by Gasteiger charge is -2.30. The molecular formula is C19H17ClO3. The lowest BCUT2D eigenvalue weighted by atomic mass is 9.81. The zero-order valence-electron chi connectivity index (χ0n) is 12.8. The third-order valence-corrected chi connectivity index (χ3v) is 4.25. The van der Waals surface area contributed by atoms with Crippen molar-refractivity contribution >= 4 is 29.7 Å². The summed E-state index contributed by atoms with van der Waals surface area (Å²) in [7, 11) is 0. The number of rotatable bonds is 3. The van der Waals surface area contributed by atoms with E-state index >= 15 is 0 Å². The molecule has 0 fully saturated rings. The SMILES string of the molecule is CCOC(=O)C[C@@]1(O)c2ccccc2C=Cc2ccc(Cl)cc21. The van der Waals surface area contributed by atoms with Crippen molar-refractivity contribution in [2.45, 2.75) is 18.9 Å². The largest absolute Gasteiger partial charge is 0.466 e. The first kappa shape index (κ1) is 15.8. The van der Waals surface area contributed by atoms with Crippen LogP contribution in [-0.4, -0.2) is 17.7 Å². The van der Waals surface area contributed by atoms with Gasteiger partial charge in [0.25, 0.3) is 0 Å². The van der Waals surface area contributed by atoms with Crippen LogP contribution in [0.3, 0.4) is 0 Å². The zero-order valence-corrected chi connectivity index (χ0v) is 13.5. The number of hydrogen-bond donors (Lipinski definition) is 1. The zero-order chi connectivity index (χ0) is 16.4. The maximum Gasteiger partial charge on any atom is 0.309 e. The van der Waals surface area contributed by atoms with E-state index in [0.717, 1.165) is 11.1 Å². The van der Waals surface area contributed by atoms with Crippen molar-refractivity contribution < 1.29 is 14.6 Å². The highest BCUT2D eigenvalue weighted by molar-refractivity contribution is 6.30. The second kappa shape index (κ2) is 6.19. The molecule has 4 heteroatoms. The average Bonchev–Trinajstić information content (AvgIpc) is 2.64. The van der Waals surface area contributed by atoms with Crippen LogP contribution in [0.15, 0.2) is 42.5 Å². The van der Waals surface area contributed by atoms with Crippen molar-refractivity contribution in [3.05, 3.63) is 69.7 Å². The van der Waals surface area contributed by atoms with Gasteiger partial charge in [0.15, 0.2) is 0 Å². The monoisotopic (exact) mass is 328 g/mol. The van der Waals surface area contributed by atoms with Crippen LogP contribution in [0.25, 0.3) is 12.2 Å². The summed E-state index contributed by atoms with van der Waals surface area (Å²) in [6.07, 6.45) is 3.70. The summed E-state index contributed by atoms with van der Waals surface area (Å²) in [6, 6.07) is 12.8. The van der Waals surface area contributed by atoms with Crippen LogP contribution in [0.4, 0.5) is 0 Å². The Morgan fingerprint density at radius 3 is 2.57 bits per heavy atom. The van der Waals surface area contributed by atoms with Crippen molar-refractivity contribution in [2.24, 2.45) is 0 Å². The summed E-state index contributed by atoms with van der Waals surface area (Å²) in [5, 5.41) is 12.0. The second-order valence-corrected chi connectivity index (χ2v) is 5.93. The van der Waals surface area contributed by atoms with E-state index in [9.17, 15) is 9.90 Å². The second-order valence-electron chi connectivity index (χ2n) is 5.49. The molecule has 0 unspecified atom stereocenters. The van der Waals surface area contributed by atoms with E-state index in [1.165, 1.54) is 0 Å². The lowest BCUT2D eigenvalue weighted by molar-refractivity contribution is -0.147. The van der Waals surface area contributed by atoms with Crippen molar-refractivity contribution in [3.63, 3.8) is 0 Å². The fraction of sp³-hybridized carbons (Fsp3) is 0.211. The summed E-state index contributed by atoms with van der Waals surface area (Å²) < 4.78 is 5.06. The van der Waals surface area contributed by atoms with Gasteiger partial charge in [0.1, 0.15) is 5.60 Å². The molecule has 0 bridgehead atoms. The first-order valence-electron chi connectivity index (χ1n) is 7.50. The van der Waals surface area contributed by atoms with Gasteiger partial charge in [-0.3, -0.25) is 4.79 Å². The molecule has 0 heterocycles. The van der Waals surface area contributed by atoms with Gasteiger partial charge < -0.3 is 9.84 Å². The van der Waals surface area contributed by atoms with Gasteiger partial charge in [-0.05, 0) is 41.3 Å². The van der Waals surface area contributed by atoms with Gasteiger partial charge in [-0.2, -0.15) is 0 Å². The van der Waals surface area contributed by atoms with Gasteiger partial charge in [0, 0.05) is 5.02 Å². The number of halogens is 1. The molecule has 0 aliphatic heterocycles. The Bertz CT molecular complexity index is 782. The third kappa shape index (κ3) is 2.90. The molecule has 1 aliphatic rings. The predicted octanol–water partition coefficient (Wildman–Crippen LogP) is 4.01. The quantitative estimate of drug-likeness (QED) is 0.866. The van der Waals surface area contributed by atoms with E-state index in [2.05, 4.69) is 0 Å². The van der Waals surface area contributed by atoms with Crippen molar-refractivity contribution in [3.8, 4) is 0 Å². The van der Waals surface area contributed by atoms with Crippen LogP contribution in [0.2, 0.25) is 5.02 Å². The number of benzene rings is 2. The lowest BCUT2D eigenvalue weighted by Crippen LogP contribution is -2.32. The molecule has 0 saturated carbocycles. The first-order valence-corrected chi connectivity index (χ1v) is 7.88. The summed E-state index contributed by atoms with van der Waals surface area (Å²) in [4.78, 5) is 12.1. The van der Waals surface area contributed by atoms with Gasteiger partial charge in [0.05, 0.1) is 13.0 Å². The van der Waals surface area contributed by atoms with Gasteiger partial charge in [-0.25, -0.2) is 0 Å². The van der Waals surface area contributed by atoms with Crippen LogP contribution in [0.5, 0.6) is 0 Å². The molecule has 2 aromatic carbocycles. The highest BCUT2D eigenvalue weighted by Gasteiger charge is 2.39. The maximum absolute atomic E-state index is 12.1. The molecule has 3 nitrogen and oxygen atoms in total. The number of esters is 1. The molecule has 0 spiro atoms. The number of aliphatic hydroxyl groups is 1. The first-order chi connectivity index (χ1) is 11.0. The van der Waals surface area contributed by atoms with Gasteiger partial charge in [-0.15, -0.1) is 0 Å². The van der Waals surface area contributed by atoms with E-state index in [1.54, 1.807) is 19.1 Å². The Hall–Kier alpha value is -2.10. The van der Waals surface area contributed by atoms with E-state index < -0.39 is 11.6 Å². The van der Waals surface area contributed by atoms with Crippen LogP contribution in [0.1, 0.15) is 35.6 Å². The molecule has 1 aliphatic carbocycles. The van der Waals surface area contributed by atoms with Gasteiger partial charge in [-0.1, -0.05) is 54.1 Å². The Morgan fingerprint density at radius 1 is 1.13 bits per heavy atom. The maximum atomic E-state index is 12.1. The minimum absolute atomic E-state index is 0.160. The highest BCUT2D eigenvalue weighted by Crippen LogP contribution is 2.41. The molecular weight excluding hydrogens is 312 g/mol. The standard InChI is InChI=1S/C19H17ClO3/c1-2-23-18(21)12-19(22)16-6-4-3-5-13(16)7-8-14-9-10-15(20)11-17(14)19/h3-11,22H,2,12H2,1H3/t19-/m1/s1. The van der Waals surface area contributed by atoms with Crippen molar-refractivity contribution in [1.29, 1.82) is 0 Å². The fourth-order valence-corrected chi connectivity index (χ4v) is 3.16. The molecule has 118 valence electrons. The third-order valence-electron chi connectivity index (χ3n) is 4.02. The molecule has 0 aromatic heterocycles. The molecule has 1 atom stereocenters. The summed E-state index contributed by atoms with van der Waals surface area (Å²) in [6.45, 7) is 2.02. The van der Waals surface area contributed by atoms with Crippen LogP contribution >= 0.6 is 11.6 Å². The van der Waals surface area contributed by atoms with Crippen LogP contribution in [0, 0.1) is 0 Å². The molecule has 0 amide bonds. The van der Waals surface area contributed by atoms with Crippen molar-refractivity contribution in [2.75, 3.05) is 6.61 Å².